The predicted octanol–water partition coefficient (Wildman–Crippen LogP) is 4.16. The van der Waals surface area contributed by atoms with Crippen LogP contribution < -0.4 is 20.1 Å². The number of amides is 4. The minimum absolute atomic E-state index is 0.0466. The van der Waals surface area contributed by atoms with Crippen molar-refractivity contribution in [2.24, 2.45) is 11.3 Å². The Morgan fingerprint density at radius 3 is 2.06 bits per heavy atom. The highest BCUT2D eigenvalue weighted by molar-refractivity contribution is 5.94. The molecule has 1 aromatic rings. The summed E-state index contributed by atoms with van der Waals surface area (Å²) in [5, 5.41) is 5.79. The van der Waals surface area contributed by atoms with Crippen LogP contribution >= 0.6 is 0 Å². The van der Waals surface area contributed by atoms with Crippen molar-refractivity contribution < 1.29 is 47.7 Å². The molecule has 5 aliphatic rings. The first-order valence-electron chi connectivity index (χ1n) is 17.9. The summed E-state index contributed by atoms with van der Waals surface area (Å²) in [5.74, 6) is -0.452. The molecule has 14 heteroatoms. The summed E-state index contributed by atoms with van der Waals surface area (Å²) in [7, 11) is 1.24. The monoisotopic (exact) mass is 698 g/mol. The van der Waals surface area contributed by atoms with Gasteiger partial charge in [-0.25, -0.2) is 14.4 Å². The first-order chi connectivity index (χ1) is 23.9. The number of esters is 1. The van der Waals surface area contributed by atoms with E-state index in [9.17, 15) is 24.0 Å². The van der Waals surface area contributed by atoms with Crippen LogP contribution in [0.2, 0.25) is 0 Å². The van der Waals surface area contributed by atoms with Crippen LogP contribution in [0.3, 0.4) is 0 Å². The van der Waals surface area contributed by atoms with Crippen LogP contribution in [0.25, 0.3) is 0 Å². The zero-order valence-electron chi connectivity index (χ0n) is 29.5. The third kappa shape index (κ3) is 7.88. The predicted molar refractivity (Wildman–Crippen MR) is 178 cm³/mol. The van der Waals surface area contributed by atoms with Gasteiger partial charge in [-0.3, -0.25) is 14.5 Å². The average molecular weight is 699 g/mol. The lowest BCUT2D eigenvalue weighted by Crippen LogP contribution is -2.61. The molecule has 2 aliphatic carbocycles. The fourth-order valence-corrected chi connectivity index (χ4v) is 7.85. The van der Waals surface area contributed by atoms with Crippen molar-refractivity contribution in [3.8, 4) is 11.5 Å². The maximum absolute atomic E-state index is 14.4. The minimum Gasteiger partial charge on any atom is -0.467 e. The lowest BCUT2D eigenvalue weighted by molar-refractivity contribution is -0.153. The molecule has 3 heterocycles. The highest BCUT2D eigenvalue weighted by Crippen LogP contribution is 2.38. The van der Waals surface area contributed by atoms with Gasteiger partial charge in [0.1, 0.15) is 30.3 Å². The third-order valence-corrected chi connectivity index (χ3v) is 10.6. The number of likely N-dealkylation sites (tertiary alicyclic amines) is 1. The summed E-state index contributed by atoms with van der Waals surface area (Å²) in [6, 6.07) is 0.766. The van der Waals surface area contributed by atoms with Crippen LogP contribution in [0, 0.1) is 11.3 Å². The van der Waals surface area contributed by atoms with Crippen molar-refractivity contribution >= 4 is 30.0 Å². The maximum atomic E-state index is 14.4. The van der Waals surface area contributed by atoms with E-state index >= 15 is 0 Å². The Bertz CT molecular complexity index is 1430. The van der Waals surface area contributed by atoms with Crippen molar-refractivity contribution in [3.63, 3.8) is 0 Å². The van der Waals surface area contributed by atoms with Gasteiger partial charge in [0.25, 0.3) is 0 Å². The zero-order valence-corrected chi connectivity index (χ0v) is 29.5. The van der Waals surface area contributed by atoms with E-state index in [0.717, 1.165) is 68.9 Å². The van der Waals surface area contributed by atoms with Gasteiger partial charge in [0.15, 0.2) is 11.5 Å². The summed E-state index contributed by atoms with van der Waals surface area (Å²) >= 11 is 0. The standard InChI is InChI=1S/C36H50N4O10/c1-36(2,3)30(38-31(41)29(21-10-6-5-7-11-21)37-34(44)49-24-12-8-9-13-24)32(42)40-19-25(16-26(40)33(43)46-4)50-35(45)39-17-22-14-27-28(48-20-47-27)15-23(22)18-39/h14-15,21,24-26,29-30H,5-13,16-20H2,1-4H3,(H,37,44)(H,38,41)/t25-,26+,29+,30-/m1/s1. The molecule has 14 nitrogen and oxygen atoms in total. The molecule has 0 radical (unpaired) electrons. The van der Waals surface area contributed by atoms with Gasteiger partial charge < -0.3 is 39.2 Å². The molecule has 0 aromatic heterocycles. The molecule has 50 heavy (non-hydrogen) atoms. The number of carbonyl (C=O) groups excluding carboxylic acids is 5. The SMILES string of the molecule is COC(=O)[C@@H]1C[C@@H](OC(=O)N2Cc3cc4c(cc3C2)OCO4)CN1C(=O)[C@@H](NC(=O)[C@@H](NC(=O)OC1CCCC1)C1CCCCC1)C(C)(C)C. The van der Waals surface area contributed by atoms with Crippen LogP contribution in [-0.4, -0.2) is 90.6 Å². The first kappa shape index (κ1) is 35.6. The molecule has 1 aromatic carbocycles. The Morgan fingerprint density at radius 1 is 0.840 bits per heavy atom. The Morgan fingerprint density at radius 2 is 1.46 bits per heavy atom. The molecule has 3 fully saturated rings. The number of alkyl carbamates (subject to hydrolysis) is 1. The van der Waals surface area contributed by atoms with Gasteiger partial charge in [0.2, 0.25) is 18.6 Å². The zero-order chi connectivity index (χ0) is 35.6. The van der Waals surface area contributed by atoms with E-state index in [1.165, 1.54) is 12.0 Å². The van der Waals surface area contributed by atoms with Crippen molar-refractivity contribution in [1.29, 1.82) is 0 Å². The Labute approximate surface area is 292 Å². The summed E-state index contributed by atoms with van der Waals surface area (Å²) < 4.78 is 27.5. The van der Waals surface area contributed by atoms with Crippen LogP contribution in [-0.2, 0) is 41.7 Å². The second-order valence-electron chi connectivity index (χ2n) is 15.2. The number of fused-ring (bicyclic) bond motifs is 2. The number of nitrogens with zero attached hydrogens (tertiary/aromatic N) is 2. The number of rotatable bonds is 8. The summed E-state index contributed by atoms with van der Waals surface area (Å²) in [5.41, 5.74) is 1.08. The number of hydrogen-bond acceptors (Lipinski definition) is 10. The highest BCUT2D eigenvalue weighted by atomic mass is 16.7. The van der Waals surface area contributed by atoms with E-state index in [0.29, 0.717) is 24.6 Å². The van der Waals surface area contributed by atoms with Gasteiger partial charge in [0, 0.05) is 19.5 Å². The molecule has 4 amide bonds. The molecule has 2 N–H and O–H groups in total. The number of carbonyl (C=O) groups is 5. The molecule has 0 spiro atoms. The molecule has 2 saturated carbocycles. The fourth-order valence-electron chi connectivity index (χ4n) is 7.85. The van der Waals surface area contributed by atoms with Crippen molar-refractivity contribution in [2.45, 2.75) is 128 Å². The Kier molecular flexibility index (Phi) is 10.6. The van der Waals surface area contributed by atoms with Gasteiger partial charge in [-0.2, -0.15) is 0 Å². The van der Waals surface area contributed by atoms with Crippen LogP contribution in [0.1, 0.15) is 96.1 Å². The molecular weight excluding hydrogens is 648 g/mol. The van der Waals surface area contributed by atoms with E-state index in [-0.39, 0.29) is 31.8 Å². The summed E-state index contributed by atoms with van der Waals surface area (Å²) in [6.45, 7) is 6.23. The van der Waals surface area contributed by atoms with Gasteiger partial charge in [-0.15, -0.1) is 0 Å². The van der Waals surface area contributed by atoms with Crippen LogP contribution in [0.4, 0.5) is 9.59 Å². The smallest absolute Gasteiger partial charge is 0.410 e. The second kappa shape index (κ2) is 14.9. The Balaban J connectivity index is 1.14. The van der Waals surface area contributed by atoms with E-state index in [4.69, 9.17) is 23.7 Å². The van der Waals surface area contributed by atoms with Gasteiger partial charge in [-0.1, -0.05) is 40.0 Å². The number of nitrogens with one attached hydrogen (secondary N) is 2. The number of methoxy groups -OCH3 is 1. The van der Waals surface area contributed by atoms with Crippen molar-refractivity contribution in [2.75, 3.05) is 20.4 Å². The van der Waals surface area contributed by atoms with E-state index in [1.807, 2.05) is 32.9 Å². The van der Waals surface area contributed by atoms with Gasteiger partial charge >= 0.3 is 18.2 Å². The Hall–Kier alpha value is -4.23. The number of ether oxygens (including phenoxy) is 5. The molecular formula is C36H50N4O10. The largest absolute Gasteiger partial charge is 0.467 e. The van der Waals surface area contributed by atoms with Crippen LogP contribution in [0.5, 0.6) is 11.5 Å². The molecule has 4 atom stereocenters. The topological polar surface area (TPSA) is 162 Å². The fraction of sp³-hybridized carbons (Fsp3) is 0.694. The second-order valence-corrected chi connectivity index (χ2v) is 15.2. The molecule has 0 bridgehead atoms. The number of hydrogen-bond donors (Lipinski definition) is 2. The minimum atomic E-state index is -1.06. The summed E-state index contributed by atoms with van der Waals surface area (Å²) in [6.07, 6.45) is 6.01. The highest BCUT2D eigenvalue weighted by Gasteiger charge is 2.48. The van der Waals surface area contributed by atoms with Crippen LogP contribution in [0.15, 0.2) is 12.1 Å². The normalized spacial score (nSPS) is 23.2. The molecule has 274 valence electrons. The molecule has 3 aliphatic heterocycles. The molecule has 1 saturated heterocycles. The first-order valence-corrected chi connectivity index (χ1v) is 17.9. The maximum Gasteiger partial charge on any atom is 0.410 e. The van der Waals surface area contributed by atoms with Crippen molar-refractivity contribution in [3.05, 3.63) is 23.3 Å². The number of benzene rings is 1. The van der Waals surface area contributed by atoms with E-state index < -0.39 is 59.6 Å². The lowest BCUT2D eigenvalue weighted by Gasteiger charge is -2.37. The lowest BCUT2D eigenvalue weighted by atomic mass is 9.82. The van der Waals surface area contributed by atoms with E-state index in [2.05, 4.69) is 10.6 Å². The van der Waals surface area contributed by atoms with Gasteiger partial charge in [-0.05, 0) is 73.1 Å². The average Bonchev–Trinajstić information content (AvgIpc) is 3.91. The summed E-state index contributed by atoms with van der Waals surface area (Å²) in [4.78, 5) is 70.6. The van der Waals surface area contributed by atoms with E-state index in [1.54, 1.807) is 4.90 Å². The molecule has 6 rings (SSSR count). The third-order valence-electron chi connectivity index (χ3n) is 10.6. The van der Waals surface area contributed by atoms with Crippen molar-refractivity contribution in [1.82, 2.24) is 20.4 Å². The quantitative estimate of drug-likeness (QED) is 0.298. The van der Waals surface area contributed by atoms with Gasteiger partial charge in [0.05, 0.1) is 13.7 Å². The molecule has 0 unspecified atom stereocenters.